The summed E-state index contributed by atoms with van der Waals surface area (Å²) in [6.45, 7) is 0. The highest BCUT2D eigenvalue weighted by molar-refractivity contribution is 6.35. The molecule has 0 aromatic heterocycles. The number of rotatable bonds is 3. The molecule has 0 saturated heterocycles. The van der Waals surface area contributed by atoms with E-state index < -0.39 is 12.4 Å². The predicted molar refractivity (Wildman–Crippen MR) is 75.6 cm³/mol. The summed E-state index contributed by atoms with van der Waals surface area (Å²) in [4.78, 5) is 0. The number of hydrogen-bond donors (Lipinski definition) is 1. The minimum absolute atomic E-state index is 0.305. The normalized spacial score (nSPS) is 13.0. The standard InChI is InChI=1S/C14H10Cl2F3NO/c15-9-3-6-11(12(16)7-9)13(20)8-1-4-10(5-2-8)21-14(17,18)19/h1-7,13H,20H2. The number of hydrogen-bond acceptors (Lipinski definition) is 2. The van der Waals surface area contributed by atoms with Crippen molar-refractivity contribution in [2.24, 2.45) is 5.73 Å². The van der Waals surface area contributed by atoms with E-state index in [4.69, 9.17) is 28.9 Å². The van der Waals surface area contributed by atoms with Crippen LogP contribution in [0.1, 0.15) is 17.2 Å². The SMILES string of the molecule is NC(c1ccc(OC(F)(F)F)cc1)c1ccc(Cl)cc1Cl. The van der Waals surface area contributed by atoms with Gasteiger partial charge in [-0.2, -0.15) is 0 Å². The van der Waals surface area contributed by atoms with E-state index >= 15 is 0 Å². The van der Waals surface area contributed by atoms with Crippen LogP contribution >= 0.6 is 23.2 Å². The van der Waals surface area contributed by atoms with Crippen molar-refractivity contribution < 1.29 is 17.9 Å². The van der Waals surface area contributed by atoms with Crippen LogP contribution < -0.4 is 10.5 Å². The lowest BCUT2D eigenvalue weighted by Gasteiger charge is -2.15. The highest BCUT2D eigenvalue weighted by Crippen LogP contribution is 2.30. The third-order valence-electron chi connectivity index (χ3n) is 2.77. The zero-order valence-electron chi connectivity index (χ0n) is 10.5. The van der Waals surface area contributed by atoms with Crippen molar-refractivity contribution in [3.8, 4) is 5.75 Å². The first-order valence-corrected chi connectivity index (χ1v) is 6.58. The van der Waals surface area contributed by atoms with Crippen LogP contribution in [-0.4, -0.2) is 6.36 Å². The van der Waals surface area contributed by atoms with Gasteiger partial charge in [0.05, 0.1) is 6.04 Å². The van der Waals surface area contributed by atoms with Crippen molar-refractivity contribution in [1.82, 2.24) is 0 Å². The quantitative estimate of drug-likeness (QED) is 0.862. The zero-order valence-corrected chi connectivity index (χ0v) is 12.0. The first-order valence-electron chi connectivity index (χ1n) is 5.82. The maximum atomic E-state index is 12.1. The molecular formula is C14H10Cl2F3NO. The molecule has 1 atom stereocenters. The van der Waals surface area contributed by atoms with Crippen molar-refractivity contribution in [2.45, 2.75) is 12.4 Å². The number of ether oxygens (including phenoxy) is 1. The number of nitrogens with two attached hydrogens (primary N) is 1. The van der Waals surface area contributed by atoms with Gasteiger partial charge in [0.25, 0.3) is 0 Å². The molecular weight excluding hydrogens is 326 g/mol. The Balaban J connectivity index is 2.22. The molecule has 0 bridgehead atoms. The lowest BCUT2D eigenvalue weighted by Crippen LogP contribution is -2.17. The second-order valence-electron chi connectivity index (χ2n) is 4.26. The molecule has 0 spiro atoms. The zero-order chi connectivity index (χ0) is 15.6. The molecule has 0 amide bonds. The largest absolute Gasteiger partial charge is 0.573 e. The molecule has 2 aromatic rings. The molecule has 0 fully saturated rings. The molecule has 0 aliphatic rings. The Kier molecular flexibility index (Phi) is 4.66. The summed E-state index contributed by atoms with van der Waals surface area (Å²) in [5, 5.41) is 0.871. The van der Waals surface area contributed by atoms with Crippen molar-refractivity contribution >= 4 is 23.2 Å². The van der Waals surface area contributed by atoms with E-state index in [0.29, 0.717) is 21.2 Å². The molecule has 2 rings (SSSR count). The lowest BCUT2D eigenvalue weighted by molar-refractivity contribution is -0.274. The Labute approximate surface area is 129 Å². The fourth-order valence-corrected chi connectivity index (χ4v) is 2.34. The third kappa shape index (κ3) is 4.27. The van der Waals surface area contributed by atoms with Crippen LogP contribution in [0, 0.1) is 0 Å². The Hall–Kier alpha value is -1.43. The van der Waals surface area contributed by atoms with Gasteiger partial charge >= 0.3 is 6.36 Å². The molecule has 7 heteroatoms. The van der Waals surface area contributed by atoms with E-state index in [9.17, 15) is 13.2 Å². The van der Waals surface area contributed by atoms with E-state index in [0.717, 1.165) is 0 Å². The van der Waals surface area contributed by atoms with Crippen LogP contribution in [0.5, 0.6) is 5.75 Å². The summed E-state index contributed by atoms with van der Waals surface area (Å²) < 4.78 is 40.0. The van der Waals surface area contributed by atoms with Gasteiger partial charge in [-0.3, -0.25) is 0 Å². The molecule has 2 N–H and O–H groups in total. The van der Waals surface area contributed by atoms with Crippen molar-refractivity contribution in [3.63, 3.8) is 0 Å². The summed E-state index contributed by atoms with van der Waals surface area (Å²) in [6.07, 6.45) is -4.72. The summed E-state index contributed by atoms with van der Waals surface area (Å²) in [5.41, 5.74) is 7.29. The van der Waals surface area contributed by atoms with Gasteiger partial charge in [0.2, 0.25) is 0 Å². The van der Waals surface area contributed by atoms with Gasteiger partial charge in [-0.15, -0.1) is 13.2 Å². The maximum Gasteiger partial charge on any atom is 0.573 e. The van der Waals surface area contributed by atoms with Gasteiger partial charge in [0, 0.05) is 10.0 Å². The Morgan fingerprint density at radius 3 is 2.14 bits per heavy atom. The number of alkyl halides is 3. The fraction of sp³-hybridized carbons (Fsp3) is 0.143. The van der Waals surface area contributed by atoms with E-state index in [1.165, 1.54) is 24.3 Å². The van der Waals surface area contributed by atoms with E-state index in [1.807, 2.05) is 0 Å². The predicted octanol–water partition coefficient (Wildman–Crippen LogP) is 4.94. The maximum absolute atomic E-state index is 12.1. The monoisotopic (exact) mass is 335 g/mol. The highest BCUT2D eigenvalue weighted by Gasteiger charge is 2.31. The Bertz CT molecular complexity index is 629. The lowest BCUT2D eigenvalue weighted by atomic mass is 9.99. The topological polar surface area (TPSA) is 35.2 Å². The minimum atomic E-state index is -4.72. The van der Waals surface area contributed by atoms with Gasteiger partial charge in [0.15, 0.2) is 0 Å². The van der Waals surface area contributed by atoms with Crippen LogP contribution in [0.15, 0.2) is 42.5 Å². The van der Waals surface area contributed by atoms with Gasteiger partial charge in [-0.25, -0.2) is 0 Å². The number of benzene rings is 2. The molecule has 1 unspecified atom stereocenters. The van der Waals surface area contributed by atoms with Crippen LogP contribution in [0.4, 0.5) is 13.2 Å². The average Bonchev–Trinajstić information content (AvgIpc) is 2.37. The first-order chi connectivity index (χ1) is 9.76. The summed E-state index contributed by atoms with van der Waals surface area (Å²) in [5.74, 6) is -0.305. The van der Waals surface area contributed by atoms with E-state index in [1.54, 1.807) is 18.2 Å². The molecule has 21 heavy (non-hydrogen) atoms. The van der Waals surface area contributed by atoms with Crippen LogP contribution in [0.25, 0.3) is 0 Å². The highest BCUT2D eigenvalue weighted by atomic mass is 35.5. The van der Waals surface area contributed by atoms with Crippen molar-refractivity contribution in [1.29, 1.82) is 0 Å². The van der Waals surface area contributed by atoms with Crippen molar-refractivity contribution in [3.05, 3.63) is 63.6 Å². The molecule has 0 heterocycles. The molecule has 0 radical (unpaired) electrons. The van der Waals surface area contributed by atoms with Crippen LogP contribution in [-0.2, 0) is 0 Å². The first kappa shape index (κ1) is 15.9. The number of halogens is 5. The van der Waals surface area contributed by atoms with Crippen LogP contribution in [0.3, 0.4) is 0 Å². The van der Waals surface area contributed by atoms with Gasteiger partial charge in [0.1, 0.15) is 5.75 Å². The average molecular weight is 336 g/mol. The molecule has 0 saturated carbocycles. The smallest absolute Gasteiger partial charge is 0.406 e. The summed E-state index contributed by atoms with van der Waals surface area (Å²) >= 11 is 11.9. The molecule has 2 nitrogen and oxygen atoms in total. The Morgan fingerprint density at radius 2 is 1.62 bits per heavy atom. The fourth-order valence-electron chi connectivity index (χ4n) is 1.81. The van der Waals surface area contributed by atoms with Gasteiger partial charge < -0.3 is 10.5 Å². The van der Waals surface area contributed by atoms with E-state index in [-0.39, 0.29) is 5.75 Å². The Morgan fingerprint density at radius 1 is 1.00 bits per heavy atom. The van der Waals surface area contributed by atoms with E-state index in [2.05, 4.69) is 4.74 Å². The molecule has 0 aliphatic carbocycles. The molecule has 0 aliphatic heterocycles. The second-order valence-corrected chi connectivity index (χ2v) is 5.10. The minimum Gasteiger partial charge on any atom is -0.406 e. The van der Waals surface area contributed by atoms with Crippen LogP contribution in [0.2, 0.25) is 10.0 Å². The van der Waals surface area contributed by atoms with Gasteiger partial charge in [-0.05, 0) is 35.4 Å². The van der Waals surface area contributed by atoms with Gasteiger partial charge in [-0.1, -0.05) is 41.4 Å². The summed E-state index contributed by atoms with van der Waals surface area (Å²) in [7, 11) is 0. The second kappa shape index (κ2) is 6.13. The molecule has 2 aromatic carbocycles. The van der Waals surface area contributed by atoms with Crippen molar-refractivity contribution in [2.75, 3.05) is 0 Å². The molecule has 112 valence electrons. The third-order valence-corrected chi connectivity index (χ3v) is 3.33. The summed E-state index contributed by atoms with van der Waals surface area (Å²) in [6, 6.07) is 9.61.